The number of amides is 1. The molecule has 1 amide bonds. The van der Waals surface area contributed by atoms with E-state index in [0.29, 0.717) is 29.8 Å². The van der Waals surface area contributed by atoms with Crippen LogP contribution in [0.25, 0.3) is 6.08 Å². The number of nitrogens with one attached hydrogen (secondary N) is 1. The predicted octanol–water partition coefficient (Wildman–Crippen LogP) is 2.02. The average molecular weight is 263 g/mol. The Morgan fingerprint density at radius 1 is 1.53 bits per heavy atom. The van der Waals surface area contributed by atoms with E-state index in [1.54, 1.807) is 13.0 Å². The van der Waals surface area contributed by atoms with Gasteiger partial charge in [0.2, 0.25) is 5.91 Å². The summed E-state index contributed by atoms with van der Waals surface area (Å²) in [6.45, 7) is 3.71. The first kappa shape index (κ1) is 14.7. The molecule has 0 aliphatic rings. The molecule has 0 heterocycles. The van der Waals surface area contributed by atoms with Gasteiger partial charge in [-0.15, -0.1) is 0 Å². The van der Waals surface area contributed by atoms with Crippen LogP contribution >= 0.6 is 0 Å². The zero-order valence-electron chi connectivity index (χ0n) is 11.0. The summed E-state index contributed by atoms with van der Waals surface area (Å²) in [6, 6.07) is 2.89. The Balaban J connectivity index is 2.79. The lowest BCUT2D eigenvalue weighted by atomic mass is 10.1. The molecule has 102 valence electrons. The number of carbonyl (C=O) groups is 1. The Labute approximate surface area is 111 Å². The van der Waals surface area contributed by atoms with E-state index in [9.17, 15) is 14.9 Å². The van der Waals surface area contributed by atoms with Gasteiger partial charge in [0, 0.05) is 36.9 Å². The molecule has 1 aromatic carbocycles. The van der Waals surface area contributed by atoms with Crippen LogP contribution in [-0.4, -0.2) is 17.4 Å². The summed E-state index contributed by atoms with van der Waals surface area (Å²) in [4.78, 5) is 21.0. The standard InChI is InChI=1S/C13H17N3O3/c1-9-7-12(16(18)19)8-11(13(9)14)5-3-4-6-15-10(2)17/h3,5,7-8H,4,6,14H2,1-2H3,(H,15,17). The molecule has 0 aromatic heterocycles. The van der Waals surface area contributed by atoms with Gasteiger partial charge in [-0.1, -0.05) is 12.2 Å². The third kappa shape index (κ3) is 4.42. The molecule has 0 aliphatic heterocycles. The highest BCUT2D eigenvalue weighted by atomic mass is 16.6. The number of nitrogens with zero attached hydrogens (tertiary/aromatic N) is 1. The Morgan fingerprint density at radius 3 is 2.79 bits per heavy atom. The number of benzene rings is 1. The summed E-state index contributed by atoms with van der Waals surface area (Å²) in [5.74, 6) is -0.0842. The van der Waals surface area contributed by atoms with Gasteiger partial charge in [-0.2, -0.15) is 0 Å². The molecule has 19 heavy (non-hydrogen) atoms. The van der Waals surface area contributed by atoms with Crippen molar-refractivity contribution in [3.8, 4) is 0 Å². The number of hydrogen-bond donors (Lipinski definition) is 2. The molecule has 0 aliphatic carbocycles. The van der Waals surface area contributed by atoms with E-state index in [1.165, 1.54) is 19.1 Å². The van der Waals surface area contributed by atoms with E-state index in [0.717, 1.165) is 0 Å². The van der Waals surface area contributed by atoms with E-state index in [-0.39, 0.29) is 11.6 Å². The summed E-state index contributed by atoms with van der Waals surface area (Å²) in [6.07, 6.45) is 4.20. The zero-order chi connectivity index (χ0) is 14.4. The fraction of sp³-hybridized carbons (Fsp3) is 0.308. The van der Waals surface area contributed by atoms with E-state index < -0.39 is 4.92 Å². The number of hydrogen-bond acceptors (Lipinski definition) is 4. The van der Waals surface area contributed by atoms with Gasteiger partial charge < -0.3 is 11.1 Å². The minimum absolute atomic E-state index is 0.0215. The molecule has 6 nitrogen and oxygen atoms in total. The molecule has 0 saturated heterocycles. The average Bonchev–Trinajstić information content (AvgIpc) is 2.33. The molecule has 0 spiro atoms. The Morgan fingerprint density at radius 2 is 2.21 bits per heavy atom. The number of aryl methyl sites for hydroxylation is 1. The number of nitrogen functional groups attached to an aromatic ring is 1. The third-order valence-corrected chi connectivity index (χ3v) is 2.60. The number of rotatable bonds is 5. The number of non-ortho nitro benzene ring substituents is 1. The molecule has 0 fully saturated rings. The van der Waals surface area contributed by atoms with Crippen molar-refractivity contribution in [3.63, 3.8) is 0 Å². The SMILES string of the molecule is CC(=O)NCCC=Cc1cc([N+](=O)[O-])cc(C)c1N. The van der Waals surface area contributed by atoms with Crippen LogP contribution in [0, 0.1) is 17.0 Å². The molecule has 6 heteroatoms. The van der Waals surface area contributed by atoms with Crippen molar-refractivity contribution in [2.75, 3.05) is 12.3 Å². The van der Waals surface area contributed by atoms with Crippen LogP contribution in [0.2, 0.25) is 0 Å². The summed E-state index contributed by atoms with van der Waals surface area (Å²) in [7, 11) is 0. The number of carbonyl (C=O) groups excluding carboxylic acids is 1. The number of nitro benzene ring substituents is 1. The highest BCUT2D eigenvalue weighted by Crippen LogP contribution is 2.25. The quantitative estimate of drug-likeness (QED) is 0.367. The maximum absolute atomic E-state index is 10.8. The van der Waals surface area contributed by atoms with E-state index in [1.807, 2.05) is 6.08 Å². The van der Waals surface area contributed by atoms with Crippen molar-refractivity contribution in [1.29, 1.82) is 0 Å². The van der Waals surface area contributed by atoms with Gasteiger partial charge in [-0.25, -0.2) is 0 Å². The largest absolute Gasteiger partial charge is 0.398 e. The second kappa shape index (κ2) is 6.53. The molecule has 1 rings (SSSR count). The summed E-state index contributed by atoms with van der Waals surface area (Å²) in [5.41, 5.74) is 7.72. The van der Waals surface area contributed by atoms with Crippen molar-refractivity contribution < 1.29 is 9.72 Å². The zero-order valence-corrected chi connectivity index (χ0v) is 11.0. The minimum Gasteiger partial charge on any atom is -0.398 e. The van der Waals surface area contributed by atoms with Gasteiger partial charge in [0.25, 0.3) is 5.69 Å². The van der Waals surface area contributed by atoms with E-state index in [4.69, 9.17) is 5.73 Å². The minimum atomic E-state index is -0.443. The maximum Gasteiger partial charge on any atom is 0.270 e. The first-order valence-electron chi connectivity index (χ1n) is 5.87. The summed E-state index contributed by atoms with van der Waals surface area (Å²) < 4.78 is 0. The fourth-order valence-corrected chi connectivity index (χ4v) is 1.59. The molecular formula is C13H17N3O3. The fourth-order valence-electron chi connectivity index (χ4n) is 1.59. The molecule has 0 atom stereocenters. The van der Waals surface area contributed by atoms with Crippen molar-refractivity contribution in [1.82, 2.24) is 5.32 Å². The number of nitrogens with two attached hydrogens (primary N) is 1. The molecular weight excluding hydrogens is 246 g/mol. The molecule has 0 saturated carbocycles. The lowest BCUT2D eigenvalue weighted by molar-refractivity contribution is -0.384. The number of anilines is 1. The highest BCUT2D eigenvalue weighted by molar-refractivity contribution is 5.73. The normalized spacial score (nSPS) is 10.6. The lowest BCUT2D eigenvalue weighted by Gasteiger charge is -2.05. The van der Waals surface area contributed by atoms with Gasteiger partial charge in [-0.05, 0) is 18.9 Å². The van der Waals surface area contributed by atoms with Crippen LogP contribution in [-0.2, 0) is 4.79 Å². The highest BCUT2D eigenvalue weighted by Gasteiger charge is 2.10. The lowest BCUT2D eigenvalue weighted by Crippen LogP contribution is -2.20. The van der Waals surface area contributed by atoms with E-state index >= 15 is 0 Å². The summed E-state index contributed by atoms with van der Waals surface area (Å²) >= 11 is 0. The third-order valence-electron chi connectivity index (χ3n) is 2.60. The Bertz CT molecular complexity index is 524. The van der Waals surface area contributed by atoms with Crippen LogP contribution < -0.4 is 11.1 Å². The van der Waals surface area contributed by atoms with Gasteiger partial charge in [0.15, 0.2) is 0 Å². The molecule has 0 radical (unpaired) electrons. The molecule has 0 bridgehead atoms. The van der Waals surface area contributed by atoms with Gasteiger partial charge in [0.1, 0.15) is 0 Å². The Kier molecular flexibility index (Phi) is 5.05. The van der Waals surface area contributed by atoms with Crippen LogP contribution in [0.5, 0.6) is 0 Å². The van der Waals surface area contributed by atoms with Crippen molar-refractivity contribution in [2.24, 2.45) is 0 Å². The molecule has 1 aromatic rings. The first-order chi connectivity index (χ1) is 8.91. The van der Waals surface area contributed by atoms with Crippen molar-refractivity contribution in [2.45, 2.75) is 20.3 Å². The van der Waals surface area contributed by atoms with Crippen LogP contribution in [0.3, 0.4) is 0 Å². The van der Waals surface area contributed by atoms with Crippen molar-refractivity contribution >= 4 is 23.4 Å². The first-order valence-corrected chi connectivity index (χ1v) is 5.87. The van der Waals surface area contributed by atoms with Crippen LogP contribution in [0.4, 0.5) is 11.4 Å². The van der Waals surface area contributed by atoms with Crippen molar-refractivity contribution in [3.05, 3.63) is 39.4 Å². The van der Waals surface area contributed by atoms with Gasteiger partial charge in [-0.3, -0.25) is 14.9 Å². The molecule has 3 N–H and O–H groups in total. The predicted molar refractivity (Wildman–Crippen MR) is 74.6 cm³/mol. The number of nitro groups is 1. The van der Waals surface area contributed by atoms with Gasteiger partial charge in [0.05, 0.1) is 4.92 Å². The van der Waals surface area contributed by atoms with Crippen LogP contribution in [0.1, 0.15) is 24.5 Å². The smallest absolute Gasteiger partial charge is 0.270 e. The molecule has 0 unspecified atom stereocenters. The maximum atomic E-state index is 10.8. The second-order valence-electron chi connectivity index (χ2n) is 4.20. The topological polar surface area (TPSA) is 98.3 Å². The van der Waals surface area contributed by atoms with Gasteiger partial charge >= 0.3 is 0 Å². The van der Waals surface area contributed by atoms with Crippen LogP contribution in [0.15, 0.2) is 18.2 Å². The van der Waals surface area contributed by atoms with E-state index in [2.05, 4.69) is 5.32 Å². The Hall–Kier alpha value is -2.37. The summed E-state index contributed by atoms with van der Waals surface area (Å²) in [5, 5.41) is 13.4. The monoisotopic (exact) mass is 263 g/mol. The second-order valence-corrected chi connectivity index (χ2v) is 4.20.